The number of amides is 1. The highest BCUT2D eigenvalue weighted by Gasteiger charge is 2.48. The number of hydrogen-bond acceptors (Lipinski definition) is 11. The first-order valence-electron chi connectivity index (χ1n) is 19.7. The third-order valence-corrected chi connectivity index (χ3v) is 14.8. The van der Waals surface area contributed by atoms with E-state index in [2.05, 4.69) is 15.5 Å². The molecule has 1 saturated heterocycles. The minimum Gasteiger partial charge on any atom is -0.395 e. The van der Waals surface area contributed by atoms with E-state index in [1.165, 1.54) is 23.9 Å². The van der Waals surface area contributed by atoms with E-state index in [1.807, 2.05) is 83.6 Å². The summed E-state index contributed by atoms with van der Waals surface area (Å²) in [4.78, 5) is 14.0. The first kappa shape index (κ1) is 46.9. The van der Waals surface area contributed by atoms with Crippen LogP contribution in [-0.4, -0.2) is 83.0 Å². The highest BCUT2D eigenvalue weighted by Crippen LogP contribution is 2.39. The zero-order chi connectivity index (χ0) is 44.5. The summed E-state index contributed by atoms with van der Waals surface area (Å²) < 4.78 is 96.7. The number of sulfone groups is 1. The molecule has 0 aliphatic carbocycles. The molecular formula is C44H46ClF3N4O7S3. The van der Waals surface area contributed by atoms with E-state index in [0.717, 1.165) is 39.4 Å². The van der Waals surface area contributed by atoms with Gasteiger partial charge >= 0.3 is 5.51 Å². The second-order valence-corrected chi connectivity index (χ2v) is 19.8. The number of aliphatic hydroxyl groups is 2. The molecule has 5 aromatic carbocycles. The number of anilines is 2. The van der Waals surface area contributed by atoms with E-state index < -0.39 is 58.9 Å². The van der Waals surface area contributed by atoms with Crippen molar-refractivity contribution in [2.24, 2.45) is 5.92 Å². The molecule has 1 heterocycles. The SMILES string of the molecule is O=C(NS(=O)(=O)c1ccc(N[C@H](CCNCCO)CSc2ccccc2)c(S(=O)(=O)C(F)(F)F)c1)c1ccc(N2CCC([C@@H](O)c3ccccc3-c3ccc(Cl)cc3)CC2)cc1. The molecule has 11 nitrogen and oxygen atoms in total. The molecule has 0 unspecified atom stereocenters. The van der Waals surface area contributed by atoms with E-state index >= 15 is 0 Å². The number of rotatable bonds is 18. The van der Waals surface area contributed by atoms with Gasteiger partial charge in [0, 0.05) is 52.6 Å². The Morgan fingerprint density at radius 1 is 0.855 bits per heavy atom. The molecule has 2 atom stereocenters. The molecule has 0 spiro atoms. The number of thioether (sulfide) groups is 1. The minimum absolute atomic E-state index is 0.0220. The lowest BCUT2D eigenvalue weighted by Crippen LogP contribution is -2.36. The quantitative estimate of drug-likeness (QED) is 0.0429. The summed E-state index contributed by atoms with van der Waals surface area (Å²) in [5, 5.41) is 27.1. The number of alkyl halides is 3. The molecule has 6 rings (SSSR count). The first-order chi connectivity index (χ1) is 29.6. The summed E-state index contributed by atoms with van der Waals surface area (Å²) in [5.74, 6) is -0.798. The average molecular weight is 932 g/mol. The molecule has 1 aliphatic rings. The lowest BCUT2D eigenvalue weighted by atomic mass is 9.84. The lowest BCUT2D eigenvalue weighted by molar-refractivity contribution is -0.0435. The Kier molecular flexibility index (Phi) is 15.7. The molecule has 0 bridgehead atoms. The Balaban J connectivity index is 1.13. The van der Waals surface area contributed by atoms with Crippen molar-refractivity contribution in [2.45, 2.75) is 51.6 Å². The maximum absolute atomic E-state index is 14.0. The van der Waals surface area contributed by atoms with Crippen LogP contribution in [0.4, 0.5) is 24.5 Å². The summed E-state index contributed by atoms with van der Waals surface area (Å²) >= 11 is 7.47. The maximum Gasteiger partial charge on any atom is 0.501 e. The van der Waals surface area contributed by atoms with Crippen LogP contribution in [0.3, 0.4) is 0 Å². The van der Waals surface area contributed by atoms with Gasteiger partial charge in [-0.15, -0.1) is 11.8 Å². The normalized spacial score (nSPS) is 14.9. The average Bonchev–Trinajstić information content (AvgIpc) is 3.27. The summed E-state index contributed by atoms with van der Waals surface area (Å²) in [5.41, 5.74) is -2.84. The zero-order valence-electron chi connectivity index (χ0n) is 33.3. The fourth-order valence-electron chi connectivity index (χ4n) is 7.19. The number of halogens is 4. The molecule has 330 valence electrons. The van der Waals surface area contributed by atoms with Crippen molar-refractivity contribution >= 4 is 60.5 Å². The van der Waals surface area contributed by atoms with Crippen LogP contribution in [0, 0.1) is 5.92 Å². The molecule has 0 aromatic heterocycles. The largest absolute Gasteiger partial charge is 0.501 e. The fourth-order valence-corrected chi connectivity index (χ4v) is 10.3. The van der Waals surface area contributed by atoms with Crippen molar-refractivity contribution in [2.75, 3.05) is 48.8 Å². The number of nitrogens with one attached hydrogen (secondary N) is 3. The van der Waals surface area contributed by atoms with Crippen molar-refractivity contribution in [3.63, 3.8) is 0 Å². The van der Waals surface area contributed by atoms with Gasteiger partial charge in [0.2, 0.25) is 0 Å². The molecule has 5 aromatic rings. The van der Waals surface area contributed by atoms with Crippen LogP contribution in [0.25, 0.3) is 11.1 Å². The van der Waals surface area contributed by atoms with E-state index in [0.29, 0.717) is 55.7 Å². The van der Waals surface area contributed by atoms with Crippen LogP contribution < -0.4 is 20.3 Å². The molecule has 0 radical (unpaired) electrons. The highest BCUT2D eigenvalue weighted by molar-refractivity contribution is 7.99. The molecule has 0 saturated carbocycles. The molecule has 62 heavy (non-hydrogen) atoms. The van der Waals surface area contributed by atoms with Gasteiger partial charge in [-0.25, -0.2) is 21.6 Å². The molecule has 1 amide bonds. The predicted octanol–water partition coefficient (Wildman–Crippen LogP) is 7.91. The second-order valence-electron chi connectivity index (χ2n) is 14.7. The van der Waals surface area contributed by atoms with Gasteiger partial charge in [-0.05, 0) is 115 Å². The number of hydrogen-bond donors (Lipinski definition) is 5. The summed E-state index contributed by atoms with van der Waals surface area (Å²) in [6.07, 6.45) is 0.946. The van der Waals surface area contributed by atoms with Crippen LogP contribution in [0.1, 0.15) is 41.3 Å². The van der Waals surface area contributed by atoms with Crippen LogP contribution >= 0.6 is 23.4 Å². The Bertz CT molecular complexity index is 2510. The van der Waals surface area contributed by atoms with E-state index in [-0.39, 0.29) is 24.6 Å². The molecule has 1 fully saturated rings. The molecular weight excluding hydrogens is 885 g/mol. The van der Waals surface area contributed by atoms with Gasteiger partial charge in [0.05, 0.1) is 23.3 Å². The van der Waals surface area contributed by atoms with Crippen LogP contribution in [0.2, 0.25) is 5.02 Å². The Hall–Kier alpha value is -4.62. The Morgan fingerprint density at radius 3 is 2.18 bits per heavy atom. The van der Waals surface area contributed by atoms with E-state index in [9.17, 15) is 39.9 Å². The lowest BCUT2D eigenvalue weighted by Gasteiger charge is -2.36. The zero-order valence-corrected chi connectivity index (χ0v) is 36.5. The van der Waals surface area contributed by atoms with Gasteiger partial charge in [-0.1, -0.05) is 66.2 Å². The number of nitrogens with zero attached hydrogens (tertiary/aromatic N) is 1. The predicted molar refractivity (Wildman–Crippen MR) is 237 cm³/mol. The van der Waals surface area contributed by atoms with Gasteiger partial charge in [0.15, 0.2) is 0 Å². The van der Waals surface area contributed by atoms with Crippen LogP contribution in [0.5, 0.6) is 0 Å². The van der Waals surface area contributed by atoms with Gasteiger partial charge < -0.3 is 25.7 Å². The van der Waals surface area contributed by atoms with Crippen LogP contribution in [0.15, 0.2) is 136 Å². The number of carbonyl (C=O) groups excluding carboxylic acids is 1. The summed E-state index contributed by atoms with van der Waals surface area (Å²) in [7, 11) is -11.0. The number of carbonyl (C=O) groups is 1. The number of benzene rings is 5. The first-order valence-corrected chi connectivity index (χ1v) is 24.1. The van der Waals surface area contributed by atoms with Gasteiger partial charge in [0.25, 0.3) is 25.8 Å². The topological polar surface area (TPSA) is 165 Å². The summed E-state index contributed by atoms with van der Waals surface area (Å²) in [6, 6.07) is 32.1. The third-order valence-electron chi connectivity index (χ3n) is 10.5. The van der Waals surface area contributed by atoms with Gasteiger partial charge in [-0.3, -0.25) is 4.79 Å². The monoisotopic (exact) mass is 930 g/mol. The smallest absolute Gasteiger partial charge is 0.395 e. The molecule has 18 heteroatoms. The van der Waals surface area contributed by atoms with Crippen LogP contribution in [-0.2, 0) is 19.9 Å². The van der Waals surface area contributed by atoms with Crippen molar-refractivity contribution in [3.8, 4) is 11.1 Å². The second kappa shape index (κ2) is 20.7. The van der Waals surface area contributed by atoms with Crippen molar-refractivity contribution in [1.82, 2.24) is 10.0 Å². The molecule has 1 aliphatic heterocycles. The summed E-state index contributed by atoms with van der Waals surface area (Å²) in [6.45, 7) is 1.66. The highest BCUT2D eigenvalue weighted by atomic mass is 35.5. The van der Waals surface area contributed by atoms with E-state index in [4.69, 9.17) is 16.7 Å². The molecule has 5 N–H and O–H groups in total. The standard InChI is InChI=1S/C44H46ClF3N4O7S3/c45-33-14-10-30(11-15-33)38-8-4-5-9-39(38)42(54)31-21-25-52(26-22-31)35-16-12-32(13-17-35)43(55)51-62(58,59)37-18-19-40(41(28-37)61(56,57)44(46,47)48)50-34(20-23-49-24-27-53)29-60-36-6-2-1-3-7-36/h1-19,28,31,34,42,49-50,53-54H,20-27,29H2,(H,51,55)/t34-,42-/m1/s1. The minimum atomic E-state index is -6.08. The van der Waals surface area contributed by atoms with Crippen molar-refractivity contribution < 1.29 is 45.0 Å². The Labute approximate surface area is 368 Å². The van der Waals surface area contributed by atoms with Crippen molar-refractivity contribution in [1.29, 1.82) is 0 Å². The maximum atomic E-state index is 14.0. The Morgan fingerprint density at radius 2 is 1.52 bits per heavy atom. The number of aliphatic hydroxyl groups excluding tert-OH is 2. The van der Waals surface area contributed by atoms with Crippen molar-refractivity contribution in [3.05, 3.63) is 137 Å². The van der Waals surface area contributed by atoms with E-state index in [1.54, 1.807) is 12.1 Å². The third kappa shape index (κ3) is 11.7. The number of piperidine rings is 1. The number of sulfonamides is 1. The van der Waals surface area contributed by atoms with Gasteiger partial charge in [0.1, 0.15) is 4.90 Å². The fraction of sp³-hybridized carbons (Fsp3) is 0.295. The van der Waals surface area contributed by atoms with Gasteiger partial charge in [-0.2, -0.15) is 13.2 Å².